The largest absolute Gasteiger partial charge is 0.311 e. The van der Waals surface area contributed by atoms with Gasteiger partial charge < -0.3 is 10.2 Å². The molecule has 0 unspecified atom stereocenters. The minimum absolute atomic E-state index is 0.785. The Hall–Kier alpha value is -0.580. The van der Waals surface area contributed by atoms with Gasteiger partial charge in [0.05, 0.1) is 16.4 Å². The third kappa shape index (κ3) is 4.66. The van der Waals surface area contributed by atoms with Crippen molar-refractivity contribution in [2.24, 2.45) is 7.05 Å². The maximum absolute atomic E-state index is 6.17. The molecule has 1 aromatic rings. The van der Waals surface area contributed by atoms with Crippen molar-refractivity contribution in [3.63, 3.8) is 0 Å². The van der Waals surface area contributed by atoms with E-state index < -0.39 is 0 Å². The maximum Gasteiger partial charge on any atom is 0.0860 e. The summed E-state index contributed by atoms with van der Waals surface area (Å²) in [4.78, 5) is 2.21. The van der Waals surface area contributed by atoms with Gasteiger partial charge in [-0.05, 0) is 47.0 Å². The van der Waals surface area contributed by atoms with E-state index in [9.17, 15) is 0 Å². The molecule has 0 spiro atoms. The highest BCUT2D eigenvalue weighted by molar-refractivity contribution is 6.31. The van der Waals surface area contributed by atoms with Crippen LogP contribution < -0.4 is 5.32 Å². The fraction of sp³-hybridized carbons (Fsp3) is 0.750. The molecule has 0 radical (unpaired) electrons. The molecule has 0 aromatic carbocycles. The minimum atomic E-state index is 0.785. The average Bonchev–Trinajstić information content (AvgIpc) is 2.48. The third-order valence-corrected chi connectivity index (χ3v) is 3.25. The van der Waals surface area contributed by atoms with E-state index in [1.165, 1.54) is 12.8 Å². The van der Waals surface area contributed by atoms with Crippen LogP contribution in [0.2, 0.25) is 5.02 Å². The SMILES string of the molecule is Cc1nn(C)c(CNCCCCN(C)C)c1Cl. The van der Waals surface area contributed by atoms with E-state index in [0.29, 0.717) is 0 Å². The zero-order valence-electron chi connectivity index (χ0n) is 11.3. The molecular weight excluding hydrogens is 236 g/mol. The van der Waals surface area contributed by atoms with Crippen LogP contribution in [0.15, 0.2) is 0 Å². The molecule has 0 atom stereocenters. The second kappa shape index (κ2) is 6.99. The van der Waals surface area contributed by atoms with Gasteiger partial charge in [0.2, 0.25) is 0 Å². The zero-order chi connectivity index (χ0) is 12.8. The Morgan fingerprint density at radius 2 is 2.06 bits per heavy atom. The minimum Gasteiger partial charge on any atom is -0.311 e. The first-order valence-corrected chi connectivity index (χ1v) is 6.43. The average molecular weight is 259 g/mol. The van der Waals surface area contributed by atoms with Gasteiger partial charge in [-0.2, -0.15) is 5.10 Å². The molecule has 17 heavy (non-hydrogen) atoms. The third-order valence-electron chi connectivity index (χ3n) is 2.76. The maximum atomic E-state index is 6.17. The molecule has 0 bridgehead atoms. The standard InChI is InChI=1S/C12H23ClN4/c1-10-12(13)11(17(4)15-10)9-14-7-5-6-8-16(2)3/h14H,5-9H2,1-4H3. The second-order valence-corrected chi connectivity index (χ2v) is 5.03. The summed E-state index contributed by atoms with van der Waals surface area (Å²) in [5, 5.41) is 8.48. The van der Waals surface area contributed by atoms with Gasteiger partial charge in [0.25, 0.3) is 0 Å². The lowest BCUT2D eigenvalue weighted by molar-refractivity contribution is 0.391. The number of nitrogens with one attached hydrogen (secondary N) is 1. The van der Waals surface area contributed by atoms with E-state index in [1.807, 2.05) is 18.7 Å². The first-order chi connectivity index (χ1) is 8.02. The van der Waals surface area contributed by atoms with Crippen molar-refractivity contribution in [1.82, 2.24) is 20.0 Å². The first kappa shape index (κ1) is 14.5. The van der Waals surface area contributed by atoms with E-state index in [-0.39, 0.29) is 0 Å². The molecule has 0 aliphatic rings. The number of halogens is 1. The monoisotopic (exact) mass is 258 g/mol. The van der Waals surface area contributed by atoms with Gasteiger partial charge >= 0.3 is 0 Å². The second-order valence-electron chi connectivity index (χ2n) is 4.66. The molecular formula is C12H23ClN4. The Morgan fingerprint density at radius 1 is 1.35 bits per heavy atom. The van der Waals surface area contributed by atoms with Crippen molar-refractivity contribution in [3.8, 4) is 0 Å². The molecule has 1 aromatic heterocycles. The van der Waals surface area contributed by atoms with Crippen LogP contribution >= 0.6 is 11.6 Å². The normalized spacial score (nSPS) is 11.4. The number of rotatable bonds is 7. The Bertz CT molecular complexity index is 347. The smallest absolute Gasteiger partial charge is 0.0860 e. The van der Waals surface area contributed by atoms with E-state index in [1.54, 1.807) is 0 Å². The quantitative estimate of drug-likeness (QED) is 0.758. The first-order valence-electron chi connectivity index (χ1n) is 6.05. The summed E-state index contributed by atoms with van der Waals surface area (Å²) in [7, 11) is 6.14. The number of aromatic nitrogens is 2. The molecule has 1 rings (SSSR count). The number of hydrogen-bond donors (Lipinski definition) is 1. The highest BCUT2D eigenvalue weighted by Gasteiger charge is 2.09. The van der Waals surface area contributed by atoms with Crippen molar-refractivity contribution in [1.29, 1.82) is 0 Å². The fourth-order valence-corrected chi connectivity index (χ4v) is 1.98. The van der Waals surface area contributed by atoms with Crippen LogP contribution in [0.3, 0.4) is 0 Å². The molecule has 0 aliphatic heterocycles. The van der Waals surface area contributed by atoms with Crippen molar-refractivity contribution >= 4 is 11.6 Å². The summed E-state index contributed by atoms with van der Waals surface area (Å²) in [6.45, 7) is 4.89. The predicted octanol–water partition coefficient (Wildman–Crippen LogP) is 1.81. The van der Waals surface area contributed by atoms with Crippen LogP contribution in [0.1, 0.15) is 24.2 Å². The van der Waals surface area contributed by atoms with Crippen LogP contribution in [0, 0.1) is 6.92 Å². The van der Waals surface area contributed by atoms with Gasteiger partial charge in [0.1, 0.15) is 0 Å². The molecule has 0 saturated carbocycles. The van der Waals surface area contributed by atoms with E-state index in [0.717, 1.165) is 36.0 Å². The van der Waals surface area contributed by atoms with Crippen LogP contribution in [0.4, 0.5) is 0 Å². The highest BCUT2D eigenvalue weighted by Crippen LogP contribution is 2.18. The van der Waals surface area contributed by atoms with Crippen LogP contribution in [0.5, 0.6) is 0 Å². The van der Waals surface area contributed by atoms with E-state index in [4.69, 9.17) is 11.6 Å². The Balaban J connectivity index is 2.22. The molecule has 0 saturated heterocycles. The number of hydrogen-bond acceptors (Lipinski definition) is 3. The lowest BCUT2D eigenvalue weighted by Crippen LogP contribution is -2.19. The molecule has 4 nitrogen and oxygen atoms in total. The predicted molar refractivity (Wildman–Crippen MR) is 72.4 cm³/mol. The Morgan fingerprint density at radius 3 is 2.59 bits per heavy atom. The van der Waals surface area contributed by atoms with Gasteiger partial charge in [0, 0.05) is 13.6 Å². The number of aryl methyl sites for hydroxylation is 2. The van der Waals surface area contributed by atoms with Crippen molar-refractivity contribution < 1.29 is 0 Å². The summed E-state index contributed by atoms with van der Waals surface area (Å²) in [5.41, 5.74) is 1.97. The van der Waals surface area contributed by atoms with Gasteiger partial charge in [-0.15, -0.1) is 0 Å². The summed E-state index contributed by atoms with van der Waals surface area (Å²) in [5.74, 6) is 0. The van der Waals surface area contributed by atoms with Crippen LogP contribution in [0.25, 0.3) is 0 Å². The van der Waals surface area contributed by atoms with Crippen molar-refractivity contribution in [3.05, 3.63) is 16.4 Å². The highest BCUT2D eigenvalue weighted by atomic mass is 35.5. The number of nitrogens with zero attached hydrogens (tertiary/aromatic N) is 3. The van der Waals surface area contributed by atoms with Gasteiger partial charge in [-0.1, -0.05) is 11.6 Å². The lowest BCUT2D eigenvalue weighted by Gasteiger charge is -2.09. The van der Waals surface area contributed by atoms with Gasteiger partial charge in [-0.25, -0.2) is 0 Å². The summed E-state index contributed by atoms with van der Waals surface area (Å²) >= 11 is 6.17. The summed E-state index contributed by atoms with van der Waals surface area (Å²) in [6.07, 6.45) is 2.41. The van der Waals surface area contributed by atoms with Crippen molar-refractivity contribution in [2.45, 2.75) is 26.3 Å². The summed E-state index contributed by atoms with van der Waals surface area (Å²) < 4.78 is 1.85. The molecule has 98 valence electrons. The number of unbranched alkanes of at least 4 members (excludes halogenated alkanes) is 1. The van der Waals surface area contributed by atoms with Crippen molar-refractivity contribution in [2.75, 3.05) is 27.2 Å². The molecule has 5 heteroatoms. The van der Waals surface area contributed by atoms with Crippen LogP contribution in [-0.4, -0.2) is 41.9 Å². The van der Waals surface area contributed by atoms with Crippen LogP contribution in [-0.2, 0) is 13.6 Å². The van der Waals surface area contributed by atoms with Gasteiger partial charge in [0.15, 0.2) is 0 Å². The molecule has 0 amide bonds. The Labute approximate surface area is 109 Å². The van der Waals surface area contributed by atoms with Gasteiger partial charge in [-0.3, -0.25) is 4.68 Å². The lowest BCUT2D eigenvalue weighted by atomic mass is 10.3. The molecule has 1 N–H and O–H groups in total. The zero-order valence-corrected chi connectivity index (χ0v) is 12.0. The van der Waals surface area contributed by atoms with E-state index in [2.05, 4.69) is 29.4 Å². The van der Waals surface area contributed by atoms with E-state index >= 15 is 0 Å². The molecule has 0 aliphatic carbocycles. The Kier molecular flexibility index (Phi) is 5.95. The fourth-order valence-electron chi connectivity index (χ4n) is 1.76. The molecule has 0 fully saturated rings. The molecule has 1 heterocycles. The topological polar surface area (TPSA) is 33.1 Å². The summed E-state index contributed by atoms with van der Waals surface area (Å²) in [6, 6.07) is 0.